The zero-order valence-corrected chi connectivity index (χ0v) is 14.2. The zero-order chi connectivity index (χ0) is 16.2. The van der Waals surface area contributed by atoms with Gasteiger partial charge in [0.25, 0.3) is 0 Å². The number of hydrogen-bond donors (Lipinski definition) is 3. The number of aliphatic hydroxyl groups is 1. The molecule has 3 N–H and O–H groups in total. The quantitative estimate of drug-likeness (QED) is 0.727. The maximum absolute atomic E-state index is 12.0. The van der Waals surface area contributed by atoms with Crippen molar-refractivity contribution in [2.45, 2.75) is 63.7 Å². The third-order valence-corrected chi connectivity index (χ3v) is 4.40. The van der Waals surface area contributed by atoms with Gasteiger partial charge in [0, 0.05) is 25.7 Å². The summed E-state index contributed by atoms with van der Waals surface area (Å²) in [4.78, 5) is 13.7. The minimum absolute atomic E-state index is 0.277. The van der Waals surface area contributed by atoms with Gasteiger partial charge in [-0.3, -0.25) is 0 Å². The molecule has 0 spiro atoms. The van der Waals surface area contributed by atoms with Gasteiger partial charge in [0.1, 0.15) is 5.60 Å². The minimum Gasteiger partial charge on any atom is -0.444 e. The molecule has 0 unspecified atom stereocenters. The van der Waals surface area contributed by atoms with Crippen LogP contribution in [0.25, 0.3) is 0 Å². The van der Waals surface area contributed by atoms with Crippen LogP contribution in [0, 0.1) is 0 Å². The number of amides is 1. The number of hydrogen-bond acceptors (Lipinski definition) is 5. The Morgan fingerprint density at radius 2 is 1.91 bits per heavy atom. The summed E-state index contributed by atoms with van der Waals surface area (Å²) in [5.41, 5.74) is -1.18. The fraction of sp³-hybridized carbons (Fsp3) is 0.938. The predicted octanol–water partition coefficient (Wildman–Crippen LogP) is 1.09. The van der Waals surface area contributed by atoms with Crippen molar-refractivity contribution >= 4 is 6.09 Å². The Balaban J connectivity index is 1.74. The third-order valence-electron chi connectivity index (χ3n) is 4.40. The smallest absolute Gasteiger partial charge is 0.410 e. The van der Waals surface area contributed by atoms with E-state index < -0.39 is 11.2 Å². The van der Waals surface area contributed by atoms with E-state index in [2.05, 4.69) is 10.6 Å². The third kappa shape index (κ3) is 5.41. The van der Waals surface area contributed by atoms with Crippen LogP contribution >= 0.6 is 0 Å². The summed E-state index contributed by atoms with van der Waals surface area (Å²) in [5, 5.41) is 17.5. The second-order valence-electron chi connectivity index (χ2n) is 7.60. The van der Waals surface area contributed by atoms with Crippen molar-refractivity contribution in [3.63, 3.8) is 0 Å². The fourth-order valence-electron chi connectivity index (χ4n) is 2.97. The molecular formula is C16H31N3O3. The van der Waals surface area contributed by atoms with Crippen LogP contribution < -0.4 is 10.6 Å². The predicted molar refractivity (Wildman–Crippen MR) is 85.9 cm³/mol. The summed E-state index contributed by atoms with van der Waals surface area (Å²) in [6.45, 7) is 9.42. The molecular weight excluding hydrogens is 282 g/mol. The van der Waals surface area contributed by atoms with E-state index in [1.54, 1.807) is 4.90 Å². The minimum atomic E-state index is -0.705. The fourth-order valence-corrected chi connectivity index (χ4v) is 2.97. The molecule has 6 nitrogen and oxygen atoms in total. The molecule has 1 amide bonds. The van der Waals surface area contributed by atoms with Crippen molar-refractivity contribution in [1.82, 2.24) is 15.5 Å². The molecule has 0 aromatic heterocycles. The number of nitrogens with zero attached hydrogens (tertiary/aromatic N) is 1. The van der Waals surface area contributed by atoms with E-state index in [0.717, 1.165) is 25.9 Å². The molecule has 2 rings (SSSR count). The van der Waals surface area contributed by atoms with Gasteiger partial charge in [0.2, 0.25) is 0 Å². The van der Waals surface area contributed by atoms with Gasteiger partial charge < -0.3 is 25.4 Å². The van der Waals surface area contributed by atoms with Gasteiger partial charge in [0.05, 0.1) is 5.60 Å². The lowest BCUT2D eigenvalue weighted by atomic mass is 9.91. The summed E-state index contributed by atoms with van der Waals surface area (Å²) >= 11 is 0. The van der Waals surface area contributed by atoms with Gasteiger partial charge in [-0.05, 0) is 59.5 Å². The summed E-state index contributed by atoms with van der Waals surface area (Å²) in [5.74, 6) is 0. The Morgan fingerprint density at radius 1 is 1.32 bits per heavy atom. The first-order valence-corrected chi connectivity index (χ1v) is 8.42. The van der Waals surface area contributed by atoms with Crippen molar-refractivity contribution in [2.24, 2.45) is 0 Å². The Labute approximate surface area is 133 Å². The molecule has 0 aromatic carbocycles. The molecule has 22 heavy (non-hydrogen) atoms. The molecule has 0 saturated carbocycles. The largest absolute Gasteiger partial charge is 0.444 e. The standard InChI is InChI=1S/C16H31N3O3/c1-15(2,3)22-14(20)19-10-6-16(21,7-11-19)12-18-13-4-8-17-9-5-13/h13,17-18,21H,4-12H2,1-3H3. The molecule has 2 fully saturated rings. The topological polar surface area (TPSA) is 73.8 Å². The lowest BCUT2D eigenvalue weighted by Crippen LogP contribution is -2.54. The van der Waals surface area contributed by atoms with E-state index >= 15 is 0 Å². The molecule has 0 bridgehead atoms. The summed E-state index contributed by atoms with van der Waals surface area (Å²) < 4.78 is 5.38. The second kappa shape index (κ2) is 7.15. The van der Waals surface area contributed by atoms with Crippen LogP contribution in [-0.4, -0.2) is 66.1 Å². The van der Waals surface area contributed by atoms with Gasteiger partial charge in [-0.2, -0.15) is 0 Å². The average Bonchev–Trinajstić information content (AvgIpc) is 2.45. The first-order chi connectivity index (χ1) is 10.3. The highest BCUT2D eigenvalue weighted by atomic mass is 16.6. The molecule has 0 atom stereocenters. The molecule has 2 heterocycles. The van der Waals surface area contributed by atoms with Crippen LogP contribution in [0.2, 0.25) is 0 Å². The van der Waals surface area contributed by atoms with Crippen LogP contribution in [-0.2, 0) is 4.74 Å². The molecule has 2 saturated heterocycles. The molecule has 2 aliphatic rings. The highest BCUT2D eigenvalue weighted by Crippen LogP contribution is 2.23. The molecule has 2 aliphatic heterocycles. The van der Waals surface area contributed by atoms with Crippen LogP contribution in [0.1, 0.15) is 46.5 Å². The van der Waals surface area contributed by atoms with Crippen molar-refractivity contribution in [1.29, 1.82) is 0 Å². The van der Waals surface area contributed by atoms with Crippen LogP contribution in [0.15, 0.2) is 0 Å². The van der Waals surface area contributed by atoms with Gasteiger partial charge in [-0.15, -0.1) is 0 Å². The van der Waals surface area contributed by atoms with E-state index in [0.29, 0.717) is 38.5 Å². The molecule has 0 aromatic rings. The molecule has 0 radical (unpaired) electrons. The van der Waals surface area contributed by atoms with Crippen molar-refractivity contribution in [2.75, 3.05) is 32.7 Å². The Kier molecular flexibility index (Phi) is 5.69. The maximum Gasteiger partial charge on any atom is 0.410 e. The summed E-state index contributed by atoms with van der Waals surface area (Å²) in [6.07, 6.45) is 3.15. The maximum atomic E-state index is 12.0. The molecule has 0 aliphatic carbocycles. The number of carbonyl (C=O) groups is 1. The average molecular weight is 313 g/mol. The van der Waals surface area contributed by atoms with E-state index in [-0.39, 0.29) is 6.09 Å². The first kappa shape index (κ1) is 17.5. The van der Waals surface area contributed by atoms with Gasteiger partial charge in [-0.25, -0.2) is 4.79 Å². The van der Waals surface area contributed by atoms with Crippen LogP contribution in [0.3, 0.4) is 0 Å². The monoisotopic (exact) mass is 313 g/mol. The van der Waals surface area contributed by atoms with Gasteiger partial charge in [-0.1, -0.05) is 0 Å². The van der Waals surface area contributed by atoms with Crippen molar-refractivity contribution in [3.8, 4) is 0 Å². The number of likely N-dealkylation sites (tertiary alicyclic amines) is 1. The van der Waals surface area contributed by atoms with Gasteiger partial charge >= 0.3 is 6.09 Å². The summed E-state index contributed by atoms with van der Waals surface area (Å²) in [7, 11) is 0. The highest BCUT2D eigenvalue weighted by Gasteiger charge is 2.35. The first-order valence-electron chi connectivity index (χ1n) is 8.42. The lowest BCUT2D eigenvalue weighted by Gasteiger charge is -2.39. The van der Waals surface area contributed by atoms with Crippen LogP contribution in [0.5, 0.6) is 0 Å². The Morgan fingerprint density at radius 3 is 2.45 bits per heavy atom. The summed E-state index contributed by atoms with van der Waals surface area (Å²) in [6, 6.07) is 0.495. The van der Waals surface area contributed by atoms with E-state index in [1.807, 2.05) is 20.8 Å². The van der Waals surface area contributed by atoms with Crippen molar-refractivity contribution < 1.29 is 14.6 Å². The number of rotatable bonds is 3. The Hall–Kier alpha value is -0.850. The van der Waals surface area contributed by atoms with Gasteiger partial charge in [0.15, 0.2) is 0 Å². The zero-order valence-electron chi connectivity index (χ0n) is 14.2. The van der Waals surface area contributed by atoms with E-state index in [9.17, 15) is 9.90 Å². The number of ether oxygens (including phenoxy) is 1. The van der Waals surface area contributed by atoms with Crippen LogP contribution in [0.4, 0.5) is 4.79 Å². The highest BCUT2D eigenvalue weighted by molar-refractivity contribution is 5.68. The normalized spacial score (nSPS) is 23.4. The Bertz CT molecular complexity index is 367. The molecule has 6 heteroatoms. The number of nitrogens with one attached hydrogen (secondary N) is 2. The second-order valence-corrected chi connectivity index (χ2v) is 7.60. The van der Waals surface area contributed by atoms with Crippen molar-refractivity contribution in [3.05, 3.63) is 0 Å². The molecule has 128 valence electrons. The number of piperidine rings is 2. The van der Waals surface area contributed by atoms with E-state index in [4.69, 9.17) is 4.74 Å². The lowest BCUT2D eigenvalue weighted by molar-refractivity contribution is -0.0325. The number of carbonyl (C=O) groups excluding carboxylic acids is 1. The van der Waals surface area contributed by atoms with E-state index in [1.165, 1.54) is 0 Å². The SMILES string of the molecule is CC(C)(C)OC(=O)N1CCC(O)(CNC2CCNCC2)CC1.